The normalized spacial score (nSPS) is 21.1. The Labute approximate surface area is 179 Å². The highest BCUT2D eigenvalue weighted by Gasteiger charge is 2.57. The van der Waals surface area contributed by atoms with Gasteiger partial charge < -0.3 is 10.8 Å². The largest absolute Gasteiger partial charge is 0.477 e. The first-order valence-electron chi connectivity index (χ1n) is 8.54. The third kappa shape index (κ3) is 3.96. The number of rotatable bonds is 6. The molecule has 3 N–H and O–H groups in total. The summed E-state index contributed by atoms with van der Waals surface area (Å²) in [6.45, 7) is 1.22. The number of carbonyl (C=O) groups excluding carboxylic acids is 2. The zero-order valence-corrected chi connectivity index (χ0v) is 17.1. The van der Waals surface area contributed by atoms with Gasteiger partial charge in [-0.15, -0.1) is 11.8 Å². The lowest BCUT2D eigenvalue weighted by molar-refractivity contribution is -0.384. The van der Waals surface area contributed by atoms with Crippen LogP contribution in [0.2, 0.25) is 0 Å². The Balaban J connectivity index is 1.80. The molecule has 0 aliphatic carbocycles. The van der Waals surface area contributed by atoms with Crippen molar-refractivity contribution >= 4 is 52.7 Å². The number of thioether (sulfide) groups is 1. The lowest BCUT2D eigenvalue weighted by atomic mass is 10.0. The number of carbonyl (C=O) groups is 3. The minimum atomic E-state index is -1.33. The van der Waals surface area contributed by atoms with E-state index in [1.807, 2.05) is 0 Å². The van der Waals surface area contributed by atoms with Crippen LogP contribution in [0.4, 0.5) is 5.69 Å². The molecule has 2 aliphatic heterocycles. The molecule has 11 nitrogen and oxygen atoms in total. The Hall–Kier alpha value is -3.12. The summed E-state index contributed by atoms with van der Waals surface area (Å²) in [5, 5.41) is 24.5. The van der Waals surface area contributed by atoms with E-state index in [1.54, 1.807) is 0 Å². The summed E-state index contributed by atoms with van der Waals surface area (Å²) in [5.41, 5.74) is 6.19. The van der Waals surface area contributed by atoms with Gasteiger partial charge >= 0.3 is 5.97 Å². The first-order chi connectivity index (χ1) is 14.1. The average Bonchev–Trinajstić information content (AvgIpc) is 2.67. The van der Waals surface area contributed by atoms with Gasteiger partial charge in [0.05, 0.1) is 9.96 Å². The van der Waals surface area contributed by atoms with Crippen molar-refractivity contribution in [3.8, 4) is 0 Å². The molecule has 1 saturated heterocycles. The number of amidine groups is 1. The Morgan fingerprint density at radius 1 is 1.43 bits per heavy atom. The highest BCUT2D eigenvalue weighted by Crippen LogP contribution is 2.43. The van der Waals surface area contributed by atoms with Crippen LogP contribution in [0.25, 0.3) is 0 Å². The number of carboxylic acids is 1. The fourth-order valence-electron chi connectivity index (χ4n) is 3.10. The fraction of sp³-hybridized carbons (Fsp3) is 0.294. The van der Waals surface area contributed by atoms with E-state index in [0.717, 1.165) is 9.91 Å². The fourth-order valence-corrected chi connectivity index (χ4v) is 4.69. The molecule has 0 aromatic heterocycles. The van der Waals surface area contributed by atoms with Crippen LogP contribution in [0.5, 0.6) is 0 Å². The van der Waals surface area contributed by atoms with Crippen LogP contribution in [0.15, 0.2) is 40.1 Å². The van der Waals surface area contributed by atoms with Crippen molar-refractivity contribution < 1.29 is 24.4 Å². The molecule has 1 unspecified atom stereocenters. The monoisotopic (exact) mass is 453 g/mol. The molecule has 158 valence electrons. The van der Waals surface area contributed by atoms with Crippen LogP contribution in [0, 0.1) is 10.1 Å². The molecule has 2 atom stereocenters. The van der Waals surface area contributed by atoms with Gasteiger partial charge in [-0.1, -0.05) is 23.7 Å². The lowest BCUT2D eigenvalue weighted by Crippen LogP contribution is -2.70. The zero-order valence-electron chi connectivity index (χ0n) is 15.5. The van der Waals surface area contributed by atoms with E-state index in [-0.39, 0.29) is 34.4 Å². The Morgan fingerprint density at radius 3 is 2.60 bits per heavy atom. The van der Waals surface area contributed by atoms with Crippen LogP contribution in [-0.4, -0.2) is 60.7 Å². The second-order valence-corrected chi connectivity index (χ2v) is 8.03. The van der Waals surface area contributed by atoms with E-state index in [4.69, 9.17) is 17.3 Å². The molecule has 1 aromatic carbocycles. The van der Waals surface area contributed by atoms with Crippen molar-refractivity contribution in [1.82, 2.24) is 9.91 Å². The Kier molecular flexibility index (Phi) is 5.99. The second kappa shape index (κ2) is 8.32. The van der Waals surface area contributed by atoms with Crippen molar-refractivity contribution in [3.63, 3.8) is 0 Å². The molecule has 0 radical (unpaired) electrons. The number of hydrazone groups is 1. The number of nitro benzene ring substituents is 1. The molecule has 0 spiro atoms. The molecular formula is C17H16ClN5O6S. The predicted molar refractivity (Wildman–Crippen MR) is 108 cm³/mol. The number of nitrogens with zero attached hydrogens (tertiary/aromatic N) is 4. The molecular weight excluding hydrogens is 438 g/mol. The maximum absolute atomic E-state index is 12.6. The molecule has 2 heterocycles. The first kappa shape index (κ1) is 21.6. The highest BCUT2D eigenvalue weighted by atomic mass is 35.5. The summed E-state index contributed by atoms with van der Waals surface area (Å²) < 4.78 is 0. The van der Waals surface area contributed by atoms with Gasteiger partial charge in [0.1, 0.15) is 16.9 Å². The molecule has 1 aromatic rings. The molecule has 0 saturated carbocycles. The van der Waals surface area contributed by atoms with Crippen LogP contribution in [0.3, 0.4) is 0 Å². The van der Waals surface area contributed by atoms with Crippen molar-refractivity contribution in [2.24, 2.45) is 10.8 Å². The summed E-state index contributed by atoms with van der Waals surface area (Å²) in [6, 6.07) is 4.65. The zero-order chi connectivity index (χ0) is 22.2. The van der Waals surface area contributed by atoms with E-state index in [2.05, 4.69) is 5.10 Å². The summed E-state index contributed by atoms with van der Waals surface area (Å²) in [6.07, 6.45) is 0.0936. The summed E-state index contributed by atoms with van der Waals surface area (Å²) in [7, 11) is 0. The molecule has 3 rings (SSSR count). The van der Waals surface area contributed by atoms with E-state index in [1.165, 1.54) is 43.0 Å². The standard InChI is InChI=1S/C17H16ClN5O6S/c1-8(24)22(20-12(19)6-9-2-4-10(5-3-9)23(28)29)14-15(25)21-13(17(26)27)11(18)7-30-16(14)21/h2-5,14,16H,6-7H2,1H3,(H2,19,20)(H,26,27)/t14?,16-/m1/s1. The maximum atomic E-state index is 12.6. The topological polar surface area (TPSA) is 159 Å². The number of benzene rings is 1. The average molecular weight is 454 g/mol. The van der Waals surface area contributed by atoms with Crippen molar-refractivity contribution in [3.05, 3.63) is 50.7 Å². The van der Waals surface area contributed by atoms with Gasteiger partial charge in [-0.2, -0.15) is 5.10 Å². The number of nitrogens with two attached hydrogens (primary N) is 1. The number of hydrogen-bond donors (Lipinski definition) is 2. The molecule has 1 fully saturated rings. The van der Waals surface area contributed by atoms with Crippen LogP contribution >= 0.6 is 23.4 Å². The first-order valence-corrected chi connectivity index (χ1v) is 9.97. The van der Waals surface area contributed by atoms with Crippen LogP contribution in [-0.2, 0) is 20.8 Å². The molecule has 30 heavy (non-hydrogen) atoms. The number of β-lactam (4-membered cyclic amide) rings is 1. The SMILES string of the molecule is CC(=O)N(/N=C(\N)Cc1ccc([N+](=O)[O-])cc1)C1C(=O)N2C(C(=O)O)=C(Cl)CS[C@H]12. The van der Waals surface area contributed by atoms with Gasteiger partial charge in [0, 0.05) is 31.2 Å². The number of halogens is 1. The highest BCUT2D eigenvalue weighted by molar-refractivity contribution is 8.00. The number of non-ortho nitro benzene ring substituents is 1. The smallest absolute Gasteiger partial charge is 0.353 e. The minimum Gasteiger partial charge on any atom is -0.477 e. The maximum Gasteiger partial charge on any atom is 0.353 e. The number of nitro groups is 1. The quantitative estimate of drug-likeness (QED) is 0.213. The van der Waals surface area contributed by atoms with E-state index >= 15 is 0 Å². The number of hydrogen-bond acceptors (Lipinski definition) is 7. The van der Waals surface area contributed by atoms with Gasteiger partial charge in [-0.25, -0.2) is 9.80 Å². The Morgan fingerprint density at radius 2 is 2.07 bits per heavy atom. The second-order valence-electron chi connectivity index (χ2n) is 6.47. The lowest BCUT2D eigenvalue weighted by Gasteiger charge is -2.50. The van der Waals surface area contributed by atoms with Gasteiger partial charge in [0.2, 0.25) is 5.91 Å². The summed E-state index contributed by atoms with van der Waals surface area (Å²) >= 11 is 7.17. The minimum absolute atomic E-state index is 0.0122. The van der Waals surface area contributed by atoms with Gasteiger partial charge in [-0.3, -0.25) is 24.6 Å². The van der Waals surface area contributed by atoms with Gasteiger partial charge in [0.15, 0.2) is 6.04 Å². The number of amides is 2. The van der Waals surface area contributed by atoms with Crippen molar-refractivity contribution in [1.29, 1.82) is 0 Å². The summed E-state index contributed by atoms with van der Waals surface area (Å²) in [5.74, 6) is -2.30. The van der Waals surface area contributed by atoms with Crippen molar-refractivity contribution in [2.45, 2.75) is 24.8 Å². The molecule has 2 amide bonds. The molecule has 0 bridgehead atoms. The third-order valence-corrected chi connectivity index (χ3v) is 6.19. The van der Waals surface area contributed by atoms with Gasteiger partial charge in [0.25, 0.3) is 11.6 Å². The third-order valence-electron chi connectivity index (χ3n) is 4.45. The van der Waals surface area contributed by atoms with Crippen LogP contribution in [0.1, 0.15) is 12.5 Å². The molecule has 13 heteroatoms. The number of carboxylic acid groups (broad SMARTS) is 1. The van der Waals surface area contributed by atoms with E-state index in [9.17, 15) is 29.6 Å². The number of fused-ring (bicyclic) bond motifs is 1. The Bertz CT molecular complexity index is 995. The van der Waals surface area contributed by atoms with Crippen molar-refractivity contribution in [2.75, 3.05) is 5.75 Å². The van der Waals surface area contributed by atoms with E-state index < -0.39 is 34.1 Å². The van der Waals surface area contributed by atoms with Crippen LogP contribution < -0.4 is 5.73 Å². The summed E-state index contributed by atoms with van der Waals surface area (Å²) in [4.78, 5) is 47.5. The predicted octanol–water partition coefficient (Wildman–Crippen LogP) is 1.08. The number of aliphatic carboxylic acids is 1. The molecule has 2 aliphatic rings. The van der Waals surface area contributed by atoms with Gasteiger partial charge in [-0.05, 0) is 5.56 Å². The van der Waals surface area contributed by atoms with E-state index in [0.29, 0.717) is 5.56 Å².